The highest BCUT2D eigenvalue weighted by atomic mass is 79.9. The molecule has 148 valence electrons. The maximum Gasteiger partial charge on any atom is 0.325 e. The number of ether oxygens (including phenoxy) is 2. The van der Waals surface area contributed by atoms with Crippen molar-refractivity contribution in [3.8, 4) is 11.5 Å². The van der Waals surface area contributed by atoms with Crippen LogP contribution in [0.15, 0.2) is 40.9 Å². The molecule has 1 saturated heterocycles. The number of nitrogens with zero attached hydrogens (tertiary/aromatic N) is 2. The summed E-state index contributed by atoms with van der Waals surface area (Å²) in [5.74, 6) is 0.0788. The van der Waals surface area contributed by atoms with Gasteiger partial charge < -0.3 is 19.7 Å². The van der Waals surface area contributed by atoms with Crippen molar-refractivity contribution in [3.63, 3.8) is 0 Å². The van der Waals surface area contributed by atoms with E-state index in [0.29, 0.717) is 34.7 Å². The molecular weight excluding hydrogens is 433 g/mol. The van der Waals surface area contributed by atoms with Gasteiger partial charge >= 0.3 is 6.03 Å². The van der Waals surface area contributed by atoms with Gasteiger partial charge in [-0.2, -0.15) is 0 Å². The Balaban J connectivity index is 1.69. The van der Waals surface area contributed by atoms with E-state index in [0.717, 1.165) is 0 Å². The average Bonchev–Trinajstić information content (AvgIpc) is 3.03. The monoisotopic (exact) mass is 451 g/mol. The third-order valence-electron chi connectivity index (χ3n) is 4.31. The molecule has 2 aromatic carbocycles. The number of hydrogen-bond acceptors (Lipinski definition) is 4. The Bertz CT molecular complexity index is 909. The molecule has 3 amide bonds. The number of urea groups is 1. The third kappa shape index (κ3) is 4.19. The molecule has 7 nitrogen and oxygen atoms in total. The predicted octanol–water partition coefficient (Wildman–Crippen LogP) is 3.49. The summed E-state index contributed by atoms with van der Waals surface area (Å²) in [5, 5.41) is 2.49. The van der Waals surface area contributed by atoms with Crippen LogP contribution < -0.4 is 19.7 Å². The van der Waals surface area contributed by atoms with Gasteiger partial charge in [-0.25, -0.2) is 9.18 Å². The molecule has 2 aromatic rings. The normalized spacial score (nSPS) is 13.6. The van der Waals surface area contributed by atoms with Gasteiger partial charge in [-0.3, -0.25) is 9.69 Å². The van der Waals surface area contributed by atoms with E-state index in [1.807, 2.05) is 0 Å². The minimum Gasteiger partial charge on any atom is -0.497 e. The summed E-state index contributed by atoms with van der Waals surface area (Å²) < 4.78 is 25.0. The zero-order valence-electron chi connectivity index (χ0n) is 15.4. The fraction of sp³-hybridized carbons (Fsp3) is 0.263. The third-order valence-corrected chi connectivity index (χ3v) is 4.80. The lowest BCUT2D eigenvalue weighted by atomic mass is 10.2. The number of methoxy groups -OCH3 is 2. The average molecular weight is 452 g/mol. The zero-order chi connectivity index (χ0) is 20.3. The molecule has 28 heavy (non-hydrogen) atoms. The van der Waals surface area contributed by atoms with E-state index in [1.54, 1.807) is 24.3 Å². The molecule has 0 bridgehead atoms. The maximum atomic E-state index is 13.9. The van der Waals surface area contributed by atoms with Gasteiger partial charge in [-0.15, -0.1) is 0 Å². The molecule has 0 atom stereocenters. The molecule has 1 N–H and O–H groups in total. The fourth-order valence-corrected chi connectivity index (χ4v) is 3.25. The first-order valence-electron chi connectivity index (χ1n) is 8.46. The smallest absolute Gasteiger partial charge is 0.325 e. The minimum atomic E-state index is -0.557. The number of anilines is 2. The van der Waals surface area contributed by atoms with Crippen LogP contribution in [0.1, 0.15) is 0 Å². The van der Waals surface area contributed by atoms with Crippen LogP contribution in [0, 0.1) is 5.82 Å². The van der Waals surface area contributed by atoms with Crippen LogP contribution in [0.25, 0.3) is 0 Å². The van der Waals surface area contributed by atoms with Gasteiger partial charge in [0, 0.05) is 23.6 Å². The topological polar surface area (TPSA) is 71.1 Å². The van der Waals surface area contributed by atoms with Crippen LogP contribution in [0.2, 0.25) is 0 Å². The number of rotatable bonds is 6. The van der Waals surface area contributed by atoms with Gasteiger partial charge in [0.1, 0.15) is 23.9 Å². The van der Waals surface area contributed by atoms with E-state index < -0.39 is 11.7 Å². The molecule has 0 aliphatic carbocycles. The lowest BCUT2D eigenvalue weighted by Gasteiger charge is -2.21. The molecule has 1 aliphatic heterocycles. The molecule has 9 heteroatoms. The summed E-state index contributed by atoms with van der Waals surface area (Å²) in [6.07, 6.45) is 0. The number of hydrogen-bond donors (Lipinski definition) is 1. The van der Waals surface area contributed by atoms with Gasteiger partial charge in [0.25, 0.3) is 0 Å². The highest BCUT2D eigenvalue weighted by Gasteiger charge is 2.32. The van der Waals surface area contributed by atoms with Crippen molar-refractivity contribution >= 4 is 39.2 Å². The standard InChI is InChI=1S/C19H19BrFN3O4/c1-27-13-4-6-17(28-2)16(10-13)24-8-7-23(19(24)26)11-18(25)22-15-5-3-12(20)9-14(15)21/h3-6,9-10H,7-8,11H2,1-2H3,(H,22,25). The Labute approximate surface area is 170 Å². The van der Waals surface area contributed by atoms with Crippen LogP contribution in [0.3, 0.4) is 0 Å². The van der Waals surface area contributed by atoms with Gasteiger partial charge in [-0.05, 0) is 30.3 Å². The second-order valence-corrected chi connectivity index (χ2v) is 6.98. The number of benzene rings is 2. The summed E-state index contributed by atoms with van der Waals surface area (Å²) in [5.41, 5.74) is 0.625. The van der Waals surface area contributed by atoms with Crippen LogP contribution in [-0.4, -0.2) is 50.7 Å². The van der Waals surface area contributed by atoms with Gasteiger partial charge in [0.2, 0.25) is 5.91 Å². The molecule has 1 aliphatic rings. The highest BCUT2D eigenvalue weighted by molar-refractivity contribution is 9.10. The molecule has 1 fully saturated rings. The highest BCUT2D eigenvalue weighted by Crippen LogP contribution is 2.34. The molecule has 1 heterocycles. The number of carbonyl (C=O) groups excluding carboxylic acids is 2. The molecule has 0 radical (unpaired) electrons. The first-order chi connectivity index (χ1) is 13.4. The lowest BCUT2D eigenvalue weighted by molar-refractivity contribution is -0.116. The fourth-order valence-electron chi connectivity index (χ4n) is 2.91. The first-order valence-corrected chi connectivity index (χ1v) is 9.25. The molecule has 0 saturated carbocycles. The zero-order valence-corrected chi connectivity index (χ0v) is 17.0. The number of halogens is 2. The van der Waals surface area contributed by atoms with E-state index in [2.05, 4.69) is 21.2 Å². The summed E-state index contributed by atoms with van der Waals surface area (Å²) >= 11 is 3.16. The minimum absolute atomic E-state index is 0.0613. The van der Waals surface area contributed by atoms with Crippen LogP contribution >= 0.6 is 15.9 Å². The molecular formula is C19H19BrFN3O4. The second-order valence-electron chi connectivity index (χ2n) is 6.07. The Kier molecular flexibility index (Phi) is 6.03. The molecule has 0 aromatic heterocycles. The summed E-state index contributed by atoms with van der Waals surface area (Å²) in [6, 6.07) is 9.16. The number of amides is 3. The lowest BCUT2D eigenvalue weighted by Crippen LogP contribution is -2.37. The Morgan fingerprint density at radius 3 is 2.64 bits per heavy atom. The molecule has 0 unspecified atom stereocenters. The second kappa shape index (κ2) is 8.47. The van der Waals surface area contributed by atoms with Crippen LogP contribution in [0.4, 0.5) is 20.6 Å². The Hall–Kier alpha value is -2.81. The Morgan fingerprint density at radius 1 is 1.18 bits per heavy atom. The van der Waals surface area contributed by atoms with E-state index in [9.17, 15) is 14.0 Å². The van der Waals surface area contributed by atoms with Gasteiger partial charge in [0.05, 0.1) is 25.6 Å². The van der Waals surface area contributed by atoms with Crippen LogP contribution in [0.5, 0.6) is 11.5 Å². The maximum absolute atomic E-state index is 13.9. The van der Waals surface area contributed by atoms with E-state index in [-0.39, 0.29) is 18.3 Å². The van der Waals surface area contributed by atoms with Crippen molar-refractivity contribution in [1.29, 1.82) is 0 Å². The number of nitrogens with one attached hydrogen (secondary N) is 1. The predicted molar refractivity (Wildman–Crippen MR) is 107 cm³/mol. The van der Waals surface area contributed by atoms with Gasteiger partial charge in [0.15, 0.2) is 0 Å². The van der Waals surface area contributed by atoms with Crippen molar-refractivity contribution in [2.75, 3.05) is 44.1 Å². The van der Waals surface area contributed by atoms with Crippen LogP contribution in [-0.2, 0) is 4.79 Å². The molecule has 3 rings (SSSR count). The van der Waals surface area contributed by atoms with Crippen molar-refractivity contribution < 1.29 is 23.5 Å². The van der Waals surface area contributed by atoms with E-state index in [1.165, 1.54) is 36.2 Å². The van der Waals surface area contributed by atoms with Crippen molar-refractivity contribution in [3.05, 3.63) is 46.7 Å². The first kappa shape index (κ1) is 19.9. The molecule has 0 spiro atoms. The SMILES string of the molecule is COc1ccc(OC)c(N2CCN(CC(=O)Nc3ccc(Br)cc3F)C2=O)c1. The van der Waals surface area contributed by atoms with E-state index >= 15 is 0 Å². The number of carbonyl (C=O) groups is 2. The summed E-state index contributed by atoms with van der Waals surface area (Å²) in [6.45, 7) is 0.564. The summed E-state index contributed by atoms with van der Waals surface area (Å²) in [4.78, 5) is 28.0. The van der Waals surface area contributed by atoms with Crippen molar-refractivity contribution in [2.45, 2.75) is 0 Å². The summed E-state index contributed by atoms with van der Waals surface area (Å²) in [7, 11) is 3.05. The van der Waals surface area contributed by atoms with Crippen molar-refractivity contribution in [2.24, 2.45) is 0 Å². The van der Waals surface area contributed by atoms with E-state index in [4.69, 9.17) is 9.47 Å². The van der Waals surface area contributed by atoms with Crippen molar-refractivity contribution in [1.82, 2.24) is 4.90 Å². The largest absolute Gasteiger partial charge is 0.497 e. The van der Waals surface area contributed by atoms with Gasteiger partial charge in [-0.1, -0.05) is 15.9 Å². The quantitative estimate of drug-likeness (QED) is 0.729. The Morgan fingerprint density at radius 2 is 1.96 bits per heavy atom.